The largest absolute Gasteiger partial charge is 0.390 e. The fourth-order valence-electron chi connectivity index (χ4n) is 4.50. The summed E-state index contributed by atoms with van der Waals surface area (Å²) in [5, 5.41) is 20.3. The van der Waals surface area contributed by atoms with Gasteiger partial charge in [-0.2, -0.15) is 5.10 Å². The number of carbonyl (C=O) groups excluding carboxylic acids is 1. The van der Waals surface area contributed by atoms with Crippen LogP contribution in [0.2, 0.25) is 0 Å². The molecule has 1 aliphatic heterocycles. The maximum absolute atomic E-state index is 14.4. The normalized spacial score (nSPS) is 16.2. The van der Waals surface area contributed by atoms with Gasteiger partial charge < -0.3 is 25.0 Å². The molecule has 1 amide bonds. The average molecular weight is 452 g/mol. The van der Waals surface area contributed by atoms with Gasteiger partial charge in [0, 0.05) is 37.6 Å². The number of aromatic nitrogens is 4. The smallest absolute Gasteiger partial charge is 0.274 e. The van der Waals surface area contributed by atoms with Crippen LogP contribution in [-0.2, 0) is 6.61 Å². The number of nitrogens with one attached hydrogen (secondary N) is 2. The Hall–Kier alpha value is -3.50. The van der Waals surface area contributed by atoms with Gasteiger partial charge in [0.25, 0.3) is 5.91 Å². The zero-order valence-corrected chi connectivity index (χ0v) is 18.5. The van der Waals surface area contributed by atoms with Crippen LogP contribution in [0.5, 0.6) is 0 Å². The van der Waals surface area contributed by atoms with Gasteiger partial charge in [-0.25, -0.2) is 13.9 Å². The highest BCUT2D eigenvalue weighted by Gasteiger charge is 2.25. The predicted molar refractivity (Wildman–Crippen MR) is 123 cm³/mol. The Morgan fingerprint density at radius 3 is 2.94 bits per heavy atom. The molecule has 4 aromatic rings. The molecule has 9 nitrogen and oxygen atoms in total. The third-order valence-corrected chi connectivity index (χ3v) is 5.95. The van der Waals surface area contributed by atoms with Crippen LogP contribution in [0.15, 0.2) is 36.7 Å². The van der Waals surface area contributed by atoms with Crippen LogP contribution >= 0.6 is 0 Å². The number of carbonyl (C=O) groups is 1. The maximum Gasteiger partial charge on any atom is 0.274 e. The van der Waals surface area contributed by atoms with Gasteiger partial charge in [0.15, 0.2) is 11.5 Å². The number of rotatable bonds is 6. The molecule has 5 rings (SSSR count). The van der Waals surface area contributed by atoms with Crippen molar-refractivity contribution in [3.8, 4) is 0 Å². The summed E-state index contributed by atoms with van der Waals surface area (Å²) in [7, 11) is 0. The van der Waals surface area contributed by atoms with Gasteiger partial charge in [-0.15, -0.1) is 0 Å². The summed E-state index contributed by atoms with van der Waals surface area (Å²) in [4.78, 5) is 19.5. The number of aliphatic hydroxyl groups excluding tert-OH is 1. The molecule has 5 heterocycles. The molecule has 1 fully saturated rings. The van der Waals surface area contributed by atoms with Crippen molar-refractivity contribution >= 4 is 28.4 Å². The Morgan fingerprint density at radius 2 is 2.15 bits per heavy atom. The number of nitrogens with zero attached hydrogens (tertiary/aromatic N) is 5. The molecule has 10 heteroatoms. The van der Waals surface area contributed by atoms with Crippen LogP contribution in [-0.4, -0.2) is 55.7 Å². The molecule has 0 aliphatic carbocycles. The molecule has 1 atom stereocenters. The van der Waals surface area contributed by atoms with E-state index >= 15 is 0 Å². The lowest BCUT2D eigenvalue weighted by Gasteiger charge is -2.20. The van der Waals surface area contributed by atoms with Crippen molar-refractivity contribution in [2.75, 3.05) is 29.9 Å². The van der Waals surface area contributed by atoms with Crippen molar-refractivity contribution in [3.05, 3.63) is 59.6 Å². The Balaban J connectivity index is 1.48. The SMILES string of the molecule is CCNC1CCN(c2ccc(C(=O)Nc3cc(F)c4nc(C)cn4c3)n3nc(CO)cc23)C1. The molecule has 3 N–H and O–H groups in total. The van der Waals surface area contributed by atoms with Crippen LogP contribution in [0.25, 0.3) is 11.2 Å². The van der Waals surface area contributed by atoms with E-state index in [-0.39, 0.29) is 17.9 Å². The average Bonchev–Trinajstić information content (AvgIpc) is 3.51. The summed E-state index contributed by atoms with van der Waals surface area (Å²) < 4.78 is 17.5. The molecule has 0 bridgehead atoms. The second-order valence-electron chi connectivity index (χ2n) is 8.33. The van der Waals surface area contributed by atoms with E-state index < -0.39 is 11.7 Å². The second-order valence-corrected chi connectivity index (χ2v) is 8.33. The number of fused-ring (bicyclic) bond motifs is 2. The van der Waals surface area contributed by atoms with E-state index in [2.05, 4.69) is 32.5 Å². The Kier molecular flexibility index (Phi) is 5.47. The number of hydrogen-bond donors (Lipinski definition) is 3. The Labute approximate surface area is 189 Å². The number of pyridine rings is 2. The third-order valence-electron chi connectivity index (χ3n) is 5.95. The van der Waals surface area contributed by atoms with Crippen molar-refractivity contribution in [2.24, 2.45) is 0 Å². The summed E-state index contributed by atoms with van der Waals surface area (Å²) in [6, 6.07) is 7.08. The monoisotopic (exact) mass is 451 g/mol. The summed E-state index contributed by atoms with van der Waals surface area (Å²) in [5.74, 6) is -0.950. The van der Waals surface area contributed by atoms with E-state index in [1.54, 1.807) is 40.4 Å². The molecule has 0 radical (unpaired) electrons. The number of anilines is 2. The molecule has 0 saturated carbocycles. The van der Waals surface area contributed by atoms with Crippen LogP contribution in [0.1, 0.15) is 35.2 Å². The van der Waals surface area contributed by atoms with Crippen molar-refractivity contribution in [2.45, 2.75) is 32.9 Å². The molecule has 4 aromatic heterocycles. The third kappa shape index (κ3) is 3.91. The van der Waals surface area contributed by atoms with E-state index in [1.165, 1.54) is 6.07 Å². The first-order chi connectivity index (χ1) is 16.0. The van der Waals surface area contributed by atoms with Gasteiger partial charge in [0.1, 0.15) is 5.69 Å². The zero-order valence-electron chi connectivity index (χ0n) is 18.5. The van der Waals surface area contributed by atoms with Crippen LogP contribution in [0.4, 0.5) is 15.8 Å². The number of likely N-dealkylation sites (N-methyl/N-ethyl adjacent to an activating group) is 1. The van der Waals surface area contributed by atoms with Crippen LogP contribution < -0.4 is 15.5 Å². The van der Waals surface area contributed by atoms with E-state index in [9.17, 15) is 14.3 Å². The number of imidazole rings is 1. The minimum atomic E-state index is -0.521. The highest BCUT2D eigenvalue weighted by atomic mass is 19.1. The lowest BCUT2D eigenvalue weighted by Crippen LogP contribution is -2.32. The number of halogens is 1. The van der Waals surface area contributed by atoms with Gasteiger partial charge in [-0.05, 0) is 38.1 Å². The fraction of sp³-hybridized carbons (Fsp3) is 0.348. The standard InChI is InChI=1S/C23H26FN7O2/c1-3-25-15-6-7-29(11-15)19-4-5-20(31-21(19)9-17(13-32)28-31)23(33)27-16-8-18(24)22-26-14(2)10-30(22)12-16/h4-5,8-10,12,15,25,32H,3,6-7,11,13H2,1-2H3,(H,27,33). The van der Waals surface area contributed by atoms with Gasteiger partial charge >= 0.3 is 0 Å². The maximum atomic E-state index is 14.4. The van der Waals surface area contributed by atoms with Crippen LogP contribution in [0, 0.1) is 12.7 Å². The summed E-state index contributed by atoms with van der Waals surface area (Å²) in [6.07, 6.45) is 4.35. The second kappa shape index (κ2) is 8.45. The Morgan fingerprint density at radius 1 is 1.30 bits per heavy atom. The molecular weight excluding hydrogens is 425 g/mol. The number of aliphatic hydroxyl groups is 1. The minimum Gasteiger partial charge on any atom is -0.390 e. The first-order valence-electron chi connectivity index (χ1n) is 11.0. The van der Waals surface area contributed by atoms with Crippen molar-refractivity contribution < 1.29 is 14.3 Å². The minimum absolute atomic E-state index is 0.207. The number of aryl methyl sites for hydroxylation is 1. The highest BCUT2D eigenvalue weighted by molar-refractivity contribution is 6.04. The molecule has 1 aliphatic rings. The van der Waals surface area contributed by atoms with E-state index in [1.807, 2.05) is 6.07 Å². The molecule has 0 aromatic carbocycles. The quantitative estimate of drug-likeness (QED) is 0.416. The fourth-order valence-corrected chi connectivity index (χ4v) is 4.50. The molecule has 0 spiro atoms. The summed E-state index contributed by atoms with van der Waals surface area (Å²) >= 11 is 0. The Bertz CT molecular complexity index is 1350. The van der Waals surface area contributed by atoms with Gasteiger partial charge in [-0.1, -0.05) is 6.92 Å². The first-order valence-corrected chi connectivity index (χ1v) is 11.0. The van der Waals surface area contributed by atoms with Gasteiger partial charge in [0.05, 0.1) is 34.9 Å². The van der Waals surface area contributed by atoms with Crippen molar-refractivity contribution in [3.63, 3.8) is 0 Å². The molecule has 172 valence electrons. The van der Waals surface area contributed by atoms with E-state index in [4.69, 9.17) is 0 Å². The number of hydrogen-bond acceptors (Lipinski definition) is 6. The topological polar surface area (TPSA) is 99.2 Å². The van der Waals surface area contributed by atoms with Gasteiger partial charge in [-0.3, -0.25) is 4.79 Å². The first kappa shape index (κ1) is 21.4. The molecule has 1 unspecified atom stereocenters. The lowest BCUT2D eigenvalue weighted by atomic mass is 10.2. The number of amides is 1. The highest BCUT2D eigenvalue weighted by Crippen LogP contribution is 2.28. The predicted octanol–water partition coefficient (Wildman–Crippen LogP) is 2.36. The van der Waals surface area contributed by atoms with Crippen molar-refractivity contribution in [1.82, 2.24) is 24.3 Å². The lowest BCUT2D eigenvalue weighted by molar-refractivity contribution is 0.102. The summed E-state index contributed by atoms with van der Waals surface area (Å²) in [6.45, 7) is 6.31. The summed E-state index contributed by atoms with van der Waals surface area (Å²) in [5.41, 5.74) is 3.66. The van der Waals surface area contributed by atoms with Gasteiger partial charge in [0.2, 0.25) is 0 Å². The van der Waals surface area contributed by atoms with E-state index in [0.29, 0.717) is 23.1 Å². The zero-order chi connectivity index (χ0) is 23.1. The molecule has 33 heavy (non-hydrogen) atoms. The van der Waals surface area contributed by atoms with E-state index in [0.717, 1.165) is 37.3 Å². The van der Waals surface area contributed by atoms with Crippen molar-refractivity contribution in [1.29, 1.82) is 0 Å². The molecule has 1 saturated heterocycles. The molecular formula is C23H26FN7O2. The van der Waals surface area contributed by atoms with Crippen LogP contribution in [0.3, 0.4) is 0 Å².